The Bertz CT molecular complexity index is 147. The summed E-state index contributed by atoms with van der Waals surface area (Å²) in [6.45, 7) is 3.37. The molecule has 0 saturated carbocycles. The maximum Gasteiger partial charge on any atom is 0.0226 e. The second-order valence-electron chi connectivity index (χ2n) is 3.25. The Labute approximate surface area is 84.3 Å². The molecule has 1 aliphatic heterocycles. The maximum absolute atomic E-state index is 5.68. The minimum Gasteiger partial charge on any atom is -0.299 e. The first kappa shape index (κ1) is 10.4. The third kappa shape index (κ3) is 3.34. The van der Waals surface area contributed by atoms with Crippen LogP contribution in [-0.2, 0) is 0 Å². The van der Waals surface area contributed by atoms with Crippen LogP contribution in [0, 0.1) is 5.92 Å². The molecule has 1 fully saturated rings. The summed E-state index contributed by atoms with van der Waals surface area (Å²) in [4.78, 5) is 2.41. The quantitative estimate of drug-likeness (QED) is 0.642. The van der Waals surface area contributed by atoms with Crippen LogP contribution in [0.2, 0.25) is 0 Å². The van der Waals surface area contributed by atoms with Crippen LogP contribution in [0.1, 0.15) is 12.8 Å². The summed E-state index contributed by atoms with van der Waals surface area (Å²) < 4.78 is 0. The van der Waals surface area contributed by atoms with Gasteiger partial charge in [-0.2, -0.15) is 0 Å². The summed E-state index contributed by atoms with van der Waals surface area (Å²) in [5.74, 6) is 1.61. The Kier molecular flexibility index (Phi) is 5.05. The first-order chi connectivity index (χ1) is 5.86. The first-order valence-electron chi connectivity index (χ1n) is 4.40. The fourth-order valence-electron chi connectivity index (χ4n) is 1.66. The molecule has 1 rings (SSSR count). The summed E-state index contributed by atoms with van der Waals surface area (Å²) in [5.41, 5.74) is 1.59. The van der Waals surface area contributed by atoms with Crippen molar-refractivity contribution in [2.75, 3.05) is 25.5 Å². The van der Waals surface area contributed by atoms with Crippen LogP contribution in [0.15, 0.2) is 11.6 Å². The lowest BCUT2D eigenvalue weighted by Crippen LogP contribution is -2.20. The molecule has 3 heteroatoms. The monoisotopic (exact) mass is 207 g/mol. The molecule has 0 aliphatic carbocycles. The van der Waals surface area contributed by atoms with Gasteiger partial charge in [-0.25, -0.2) is 0 Å². The van der Waals surface area contributed by atoms with E-state index < -0.39 is 0 Å². The molecule has 0 N–H and O–H groups in total. The van der Waals surface area contributed by atoms with Crippen molar-refractivity contribution in [1.29, 1.82) is 0 Å². The van der Waals surface area contributed by atoms with Crippen molar-refractivity contribution >= 4 is 23.2 Å². The molecule has 0 radical (unpaired) electrons. The summed E-state index contributed by atoms with van der Waals surface area (Å²) >= 11 is 11.1. The Morgan fingerprint density at radius 3 is 3.00 bits per heavy atom. The highest BCUT2D eigenvalue weighted by molar-refractivity contribution is 6.25. The van der Waals surface area contributed by atoms with Gasteiger partial charge < -0.3 is 0 Å². The Morgan fingerprint density at radius 1 is 1.50 bits per heavy atom. The van der Waals surface area contributed by atoms with Crippen molar-refractivity contribution in [1.82, 2.24) is 4.90 Å². The van der Waals surface area contributed by atoms with Gasteiger partial charge in [-0.05, 0) is 25.3 Å². The molecule has 1 aliphatic rings. The minimum absolute atomic E-state index is 0.795. The van der Waals surface area contributed by atoms with Gasteiger partial charge in [0.1, 0.15) is 0 Å². The van der Waals surface area contributed by atoms with Crippen LogP contribution in [-0.4, -0.2) is 30.4 Å². The van der Waals surface area contributed by atoms with Gasteiger partial charge in [0.25, 0.3) is 0 Å². The van der Waals surface area contributed by atoms with E-state index >= 15 is 0 Å². The first-order valence-corrected chi connectivity index (χ1v) is 5.37. The summed E-state index contributed by atoms with van der Waals surface area (Å²) in [6, 6.07) is 0. The van der Waals surface area contributed by atoms with Gasteiger partial charge in [0.15, 0.2) is 0 Å². The summed E-state index contributed by atoms with van der Waals surface area (Å²) in [6.07, 6.45) is 4.44. The van der Waals surface area contributed by atoms with Gasteiger partial charge in [0.05, 0.1) is 0 Å². The Balaban J connectivity index is 2.16. The fourth-order valence-corrected chi connectivity index (χ4v) is 2.05. The number of hydrogen-bond donors (Lipinski definition) is 0. The van der Waals surface area contributed by atoms with E-state index in [9.17, 15) is 0 Å². The standard InChI is InChI=1S/C9H15Cl2N/c10-4-1-6-12-7-3-9(8-12)2-5-11/h1,4,9H,2-3,5-8H2/b4-1+. The molecular weight excluding hydrogens is 193 g/mol. The molecule has 0 aromatic rings. The topological polar surface area (TPSA) is 3.24 Å². The van der Waals surface area contributed by atoms with Gasteiger partial charge in [-0.1, -0.05) is 17.7 Å². The maximum atomic E-state index is 5.68. The average molecular weight is 208 g/mol. The molecule has 0 aromatic carbocycles. The van der Waals surface area contributed by atoms with Crippen molar-refractivity contribution in [3.8, 4) is 0 Å². The second-order valence-corrected chi connectivity index (χ2v) is 3.88. The van der Waals surface area contributed by atoms with Gasteiger partial charge >= 0.3 is 0 Å². The van der Waals surface area contributed by atoms with Gasteiger partial charge in [0, 0.05) is 24.5 Å². The molecule has 1 heterocycles. The van der Waals surface area contributed by atoms with E-state index in [4.69, 9.17) is 23.2 Å². The lowest BCUT2D eigenvalue weighted by molar-refractivity contribution is 0.357. The van der Waals surface area contributed by atoms with Crippen molar-refractivity contribution < 1.29 is 0 Å². The van der Waals surface area contributed by atoms with E-state index in [1.54, 1.807) is 5.54 Å². The van der Waals surface area contributed by atoms with Crippen LogP contribution in [0.4, 0.5) is 0 Å². The largest absolute Gasteiger partial charge is 0.299 e. The molecule has 1 saturated heterocycles. The highest BCUT2D eigenvalue weighted by Gasteiger charge is 2.20. The molecule has 0 amide bonds. The van der Waals surface area contributed by atoms with Crippen LogP contribution in [0.3, 0.4) is 0 Å². The number of halogens is 2. The molecule has 1 unspecified atom stereocenters. The zero-order chi connectivity index (χ0) is 8.81. The molecule has 0 spiro atoms. The lowest BCUT2D eigenvalue weighted by Gasteiger charge is -2.12. The van der Waals surface area contributed by atoms with E-state index in [0.717, 1.165) is 24.8 Å². The predicted molar refractivity (Wildman–Crippen MR) is 54.9 cm³/mol. The smallest absolute Gasteiger partial charge is 0.0226 e. The third-order valence-electron chi connectivity index (χ3n) is 2.34. The number of nitrogens with zero attached hydrogens (tertiary/aromatic N) is 1. The fraction of sp³-hybridized carbons (Fsp3) is 0.778. The number of rotatable bonds is 4. The Hall–Kier alpha value is 0.280. The number of alkyl halides is 1. The molecule has 12 heavy (non-hydrogen) atoms. The second kappa shape index (κ2) is 5.85. The number of hydrogen-bond acceptors (Lipinski definition) is 1. The Morgan fingerprint density at radius 2 is 2.33 bits per heavy atom. The third-order valence-corrected chi connectivity index (χ3v) is 2.74. The predicted octanol–water partition coefficient (Wildman–Crippen LogP) is 2.69. The molecule has 0 aromatic heterocycles. The molecule has 70 valence electrons. The zero-order valence-electron chi connectivity index (χ0n) is 7.18. The van der Waals surface area contributed by atoms with Crippen molar-refractivity contribution in [3.63, 3.8) is 0 Å². The van der Waals surface area contributed by atoms with E-state index in [1.807, 2.05) is 6.08 Å². The zero-order valence-corrected chi connectivity index (χ0v) is 8.69. The molecule has 1 atom stereocenters. The van der Waals surface area contributed by atoms with E-state index in [0.29, 0.717) is 0 Å². The van der Waals surface area contributed by atoms with Gasteiger partial charge in [-0.15, -0.1) is 11.6 Å². The summed E-state index contributed by atoms with van der Waals surface area (Å²) in [5, 5.41) is 0. The van der Waals surface area contributed by atoms with Crippen molar-refractivity contribution in [2.24, 2.45) is 5.92 Å². The van der Waals surface area contributed by atoms with Crippen molar-refractivity contribution in [2.45, 2.75) is 12.8 Å². The minimum atomic E-state index is 0.795. The van der Waals surface area contributed by atoms with E-state index in [1.165, 1.54) is 19.5 Å². The SMILES string of the molecule is Cl/C=C/CN1CCC(CCCl)C1. The van der Waals surface area contributed by atoms with Crippen molar-refractivity contribution in [3.05, 3.63) is 11.6 Å². The van der Waals surface area contributed by atoms with Crippen LogP contribution >= 0.6 is 23.2 Å². The average Bonchev–Trinajstić information content (AvgIpc) is 2.50. The van der Waals surface area contributed by atoms with E-state index in [-0.39, 0.29) is 0 Å². The summed E-state index contributed by atoms with van der Waals surface area (Å²) in [7, 11) is 0. The van der Waals surface area contributed by atoms with Gasteiger partial charge in [0.2, 0.25) is 0 Å². The van der Waals surface area contributed by atoms with Crippen LogP contribution < -0.4 is 0 Å². The van der Waals surface area contributed by atoms with Crippen LogP contribution in [0.25, 0.3) is 0 Å². The molecule has 1 nitrogen and oxygen atoms in total. The highest BCUT2D eigenvalue weighted by atomic mass is 35.5. The highest BCUT2D eigenvalue weighted by Crippen LogP contribution is 2.19. The molecular formula is C9H15Cl2N. The lowest BCUT2D eigenvalue weighted by atomic mass is 10.1. The van der Waals surface area contributed by atoms with E-state index in [2.05, 4.69) is 4.90 Å². The van der Waals surface area contributed by atoms with Gasteiger partial charge in [-0.3, -0.25) is 4.90 Å². The normalized spacial score (nSPS) is 25.7. The molecule has 0 bridgehead atoms. The van der Waals surface area contributed by atoms with Crippen LogP contribution in [0.5, 0.6) is 0 Å². The number of likely N-dealkylation sites (tertiary alicyclic amines) is 1.